The Kier molecular flexibility index (Phi) is 3.95. The zero-order chi connectivity index (χ0) is 15.0. The summed E-state index contributed by atoms with van der Waals surface area (Å²) in [7, 11) is 0. The first-order valence-electron chi connectivity index (χ1n) is 6.93. The number of hydrogen-bond donors (Lipinski definition) is 1. The summed E-state index contributed by atoms with van der Waals surface area (Å²) in [4.78, 5) is 11.2. The molecule has 21 heavy (non-hydrogen) atoms. The number of carbonyl (C=O) groups is 1. The quantitative estimate of drug-likeness (QED) is 0.824. The smallest absolute Gasteiger partial charge is 0.303 e. The van der Waals surface area contributed by atoms with Gasteiger partial charge in [0.05, 0.1) is 6.10 Å². The number of aliphatic hydroxyl groups is 1. The van der Waals surface area contributed by atoms with Crippen LogP contribution in [0.25, 0.3) is 0 Å². The van der Waals surface area contributed by atoms with Crippen LogP contribution in [0.4, 0.5) is 0 Å². The van der Waals surface area contributed by atoms with Crippen molar-refractivity contribution in [1.29, 1.82) is 0 Å². The highest BCUT2D eigenvalue weighted by Gasteiger charge is 2.53. The first kappa shape index (κ1) is 14.5. The second-order valence-corrected chi connectivity index (χ2v) is 5.25. The van der Waals surface area contributed by atoms with Crippen LogP contribution in [0.15, 0.2) is 30.3 Å². The molecule has 3 rings (SSSR count). The van der Waals surface area contributed by atoms with Gasteiger partial charge in [-0.1, -0.05) is 30.3 Å². The molecule has 1 N–H and O–H groups in total. The van der Waals surface area contributed by atoms with E-state index in [-0.39, 0.29) is 6.10 Å². The summed E-state index contributed by atoms with van der Waals surface area (Å²) in [5.41, 5.74) is 0.871. The van der Waals surface area contributed by atoms with Gasteiger partial charge in [0.2, 0.25) is 0 Å². The molecule has 2 heterocycles. The van der Waals surface area contributed by atoms with Crippen LogP contribution in [-0.2, 0) is 23.7 Å². The van der Waals surface area contributed by atoms with E-state index in [1.54, 1.807) is 6.92 Å². The van der Waals surface area contributed by atoms with Gasteiger partial charge in [-0.15, -0.1) is 0 Å². The average molecular weight is 294 g/mol. The minimum Gasteiger partial charge on any atom is -0.454 e. The van der Waals surface area contributed by atoms with Crippen molar-refractivity contribution in [2.45, 2.75) is 50.8 Å². The highest BCUT2D eigenvalue weighted by Crippen LogP contribution is 2.39. The Hall–Kier alpha value is -1.47. The molecule has 1 aromatic rings. The lowest BCUT2D eigenvalue weighted by Gasteiger charge is -2.37. The number of hydrogen-bond acceptors (Lipinski definition) is 6. The summed E-state index contributed by atoms with van der Waals surface area (Å²) in [6, 6.07) is 9.48. The van der Waals surface area contributed by atoms with Crippen molar-refractivity contribution in [3.05, 3.63) is 35.9 Å². The molecule has 0 spiro atoms. The molecule has 2 saturated heterocycles. The number of fused-ring (bicyclic) bond motifs is 1. The van der Waals surface area contributed by atoms with Crippen LogP contribution in [-0.4, -0.2) is 41.8 Å². The molecule has 0 radical (unpaired) electrons. The van der Waals surface area contributed by atoms with E-state index in [2.05, 4.69) is 0 Å². The maximum atomic E-state index is 11.2. The monoisotopic (exact) mass is 294 g/mol. The maximum Gasteiger partial charge on any atom is 0.303 e. The van der Waals surface area contributed by atoms with Crippen LogP contribution in [0, 0.1) is 0 Å². The van der Waals surface area contributed by atoms with Gasteiger partial charge in [-0.25, -0.2) is 0 Å². The molecule has 2 fully saturated rings. The van der Waals surface area contributed by atoms with Gasteiger partial charge in [0.1, 0.15) is 12.2 Å². The van der Waals surface area contributed by atoms with Crippen LogP contribution in [0.1, 0.15) is 25.7 Å². The standard InChI is InChI=1S/C15H18O6/c1-8-11-12(13(14(17)18-8)19-9(2)16)21-15(20-11)10-6-4-3-5-7-10/h3-8,11-15,17H,1-2H3/t8-,11+,12+,13-,14+,15+/m1/s1. The maximum absolute atomic E-state index is 11.2. The van der Waals surface area contributed by atoms with Gasteiger partial charge in [-0.2, -0.15) is 0 Å². The Morgan fingerprint density at radius 3 is 2.48 bits per heavy atom. The van der Waals surface area contributed by atoms with Crippen LogP contribution < -0.4 is 0 Å². The van der Waals surface area contributed by atoms with E-state index in [1.165, 1.54) is 6.92 Å². The Balaban J connectivity index is 1.81. The Morgan fingerprint density at radius 2 is 1.81 bits per heavy atom. The number of esters is 1. The van der Waals surface area contributed by atoms with E-state index >= 15 is 0 Å². The SMILES string of the molecule is CC(=O)O[C@@H]1[C@H]2O[C@@H](c3ccccc3)O[C@H]2[C@@H](C)O[C@@H]1O. The van der Waals surface area contributed by atoms with E-state index < -0.39 is 36.9 Å². The van der Waals surface area contributed by atoms with Crippen molar-refractivity contribution in [3.8, 4) is 0 Å². The van der Waals surface area contributed by atoms with Crippen molar-refractivity contribution in [2.24, 2.45) is 0 Å². The average Bonchev–Trinajstić information content (AvgIpc) is 2.90. The van der Waals surface area contributed by atoms with E-state index in [0.29, 0.717) is 0 Å². The van der Waals surface area contributed by atoms with Gasteiger partial charge >= 0.3 is 5.97 Å². The predicted molar refractivity (Wildman–Crippen MR) is 71.0 cm³/mol. The summed E-state index contributed by atoms with van der Waals surface area (Å²) in [6.07, 6.45) is -3.98. The molecule has 2 aliphatic rings. The summed E-state index contributed by atoms with van der Waals surface area (Å²) in [5.74, 6) is -0.497. The van der Waals surface area contributed by atoms with Gasteiger partial charge in [-0.05, 0) is 6.92 Å². The zero-order valence-electron chi connectivity index (χ0n) is 11.8. The van der Waals surface area contributed by atoms with Gasteiger partial charge < -0.3 is 24.1 Å². The molecule has 6 heteroatoms. The third kappa shape index (κ3) is 2.80. The summed E-state index contributed by atoms with van der Waals surface area (Å²) in [6.45, 7) is 3.08. The van der Waals surface area contributed by atoms with Crippen LogP contribution in [0.3, 0.4) is 0 Å². The second-order valence-electron chi connectivity index (χ2n) is 5.25. The second kappa shape index (κ2) is 5.73. The normalized spacial score (nSPS) is 38.8. The molecule has 0 aromatic heterocycles. The largest absolute Gasteiger partial charge is 0.454 e. The molecule has 0 amide bonds. The molecule has 2 aliphatic heterocycles. The lowest BCUT2D eigenvalue weighted by Crippen LogP contribution is -2.56. The van der Waals surface area contributed by atoms with Crippen LogP contribution >= 0.6 is 0 Å². The number of carbonyl (C=O) groups excluding carboxylic acids is 1. The van der Waals surface area contributed by atoms with E-state index in [1.807, 2.05) is 30.3 Å². The summed E-state index contributed by atoms with van der Waals surface area (Å²) < 4.78 is 22.2. The molecule has 6 nitrogen and oxygen atoms in total. The first-order valence-corrected chi connectivity index (χ1v) is 6.93. The fourth-order valence-corrected chi connectivity index (χ4v) is 2.74. The minimum atomic E-state index is -1.22. The molecule has 0 unspecified atom stereocenters. The van der Waals surface area contributed by atoms with Crippen molar-refractivity contribution >= 4 is 5.97 Å². The molecule has 0 aliphatic carbocycles. The van der Waals surface area contributed by atoms with Gasteiger partial charge in [0.25, 0.3) is 0 Å². The Labute approximate surface area is 122 Å². The van der Waals surface area contributed by atoms with Gasteiger partial charge in [-0.3, -0.25) is 4.79 Å². The number of aliphatic hydroxyl groups excluding tert-OH is 1. The lowest BCUT2D eigenvalue weighted by atomic mass is 10.00. The summed E-state index contributed by atoms with van der Waals surface area (Å²) >= 11 is 0. The van der Waals surface area contributed by atoms with Crippen LogP contribution in [0.5, 0.6) is 0 Å². The molecular weight excluding hydrogens is 276 g/mol. The fourth-order valence-electron chi connectivity index (χ4n) is 2.74. The van der Waals surface area contributed by atoms with E-state index in [9.17, 15) is 9.90 Å². The number of ether oxygens (including phenoxy) is 4. The van der Waals surface area contributed by atoms with Crippen molar-refractivity contribution in [3.63, 3.8) is 0 Å². The molecule has 114 valence electrons. The van der Waals surface area contributed by atoms with Crippen molar-refractivity contribution < 1.29 is 28.8 Å². The third-order valence-corrected chi connectivity index (χ3v) is 3.68. The van der Waals surface area contributed by atoms with Gasteiger partial charge in [0, 0.05) is 12.5 Å². The highest BCUT2D eigenvalue weighted by molar-refractivity contribution is 5.66. The predicted octanol–water partition coefficient (Wildman–Crippen LogP) is 1.14. The first-order chi connectivity index (χ1) is 10.1. The van der Waals surface area contributed by atoms with Crippen molar-refractivity contribution in [2.75, 3.05) is 0 Å². The fraction of sp³-hybridized carbons (Fsp3) is 0.533. The van der Waals surface area contributed by atoms with E-state index in [0.717, 1.165) is 5.56 Å². The lowest BCUT2D eigenvalue weighted by molar-refractivity contribution is -0.261. The molecular formula is C15H18O6. The molecule has 0 bridgehead atoms. The third-order valence-electron chi connectivity index (χ3n) is 3.68. The molecule has 6 atom stereocenters. The number of rotatable bonds is 2. The van der Waals surface area contributed by atoms with Crippen molar-refractivity contribution in [1.82, 2.24) is 0 Å². The van der Waals surface area contributed by atoms with Crippen LogP contribution in [0.2, 0.25) is 0 Å². The summed E-state index contributed by atoms with van der Waals surface area (Å²) in [5, 5.41) is 9.96. The Bertz CT molecular complexity index is 504. The van der Waals surface area contributed by atoms with Gasteiger partial charge in [0.15, 0.2) is 18.7 Å². The topological polar surface area (TPSA) is 74.2 Å². The number of benzene rings is 1. The molecule has 0 saturated carbocycles. The molecule has 1 aromatic carbocycles. The minimum absolute atomic E-state index is 0.356. The van der Waals surface area contributed by atoms with E-state index in [4.69, 9.17) is 18.9 Å². The Morgan fingerprint density at radius 1 is 1.14 bits per heavy atom. The zero-order valence-corrected chi connectivity index (χ0v) is 11.8. The highest BCUT2D eigenvalue weighted by atomic mass is 16.8.